The van der Waals surface area contributed by atoms with E-state index in [9.17, 15) is 4.79 Å². The maximum absolute atomic E-state index is 11.6. The molecule has 80 valence electrons. The minimum absolute atomic E-state index is 0.160. The van der Waals surface area contributed by atoms with Crippen LogP contribution < -0.4 is 11.1 Å². The van der Waals surface area contributed by atoms with Gasteiger partial charge in [0.2, 0.25) is 0 Å². The first-order chi connectivity index (χ1) is 7.00. The molecule has 1 rings (SSSR count). The van der Waals surface area contributed by atoms with E-state index in [4.69, 9.17) is 18.0 Å². The SMILES string of the molecule is CC(NC(=O)c1ccc(I)cc1)C(N)=S. The van der Waals surface area contributed by atoms with Crippen LogP contribution in [0.15, 0.2) is 24.3 Å². The number of nitrogens with one attached hydrogen (secondary N) is 1. The maximum Gasteiger partial charge on any atom is 0.251 e. The molecule has 1 atom stereocenters. The molecule has 0 saturated heterocycles. The largest absolute Gasteiger partial charge is 0.392 e. The van der Waals surface area contributed by atoms with E-state index in [0.717, 1.165) is 3.57 Å². The van der Waals surface area contributed by atoms with Crippen LogP contribution in [0.3, 0.4) is 0 Å². The first-order valence-electron chi connectivity index (χ1n) is 4.36. The van der Waals surface area contributed by atoms with Crippen LogP contribution in [0.25, 0.3) is 0 Å². The zero-order valence-electron chi connectivity index (χ0n) is 8.16. The molecular weight excluding hydrogens is 323 g/mol. The van der Waals surface area contributed by atoms with Crippen LogP contribution >= 0.6 is 34.8 Å². The minimum atomic E-state index is -0.285. The molecule has 0 bridgehead atoms. The second kappa shape index (κ2) is 5.41. The van der Waals surface area contributed by atoms with Gasteiger partial charge in [-0.3, -0.25) is 4.79 Å². The molecule has 0 aliphatic heterocycles. The number of thiocarbonyl (C=S) groups is 1. The van der Waals surface area contributed by atoms with Crippen LogP contribution in [0.1, 0.15) is 17.3 Å². The molecule has 0 aliphatic rings. The van der Waals surface area contributed by atoms with Crippen LogP contribution in [0.2, 0.25) is 0 Å². The van der Waals surface area contributed by atoms with Gasteiger partial charge >= 0.3 is 0 Å². The molecule has 1 unspecified atom stereocenters. The number of carbonyl (C=O) groups is 1. The summed E-state index contributed by atoms with van der Waals surface area (Å²) in [5.74, 6) is -0.160. The third-order valence-corrected chi connectivity index (χ3v) is 2.95. The monoisotopic (exact) mass is 334 g/mol. The summed E-state index contributed by atoms with van der Waals surface area (Å²) in [6.45, 7) is 1.76. The number of rotatable bonds is 3. The van der Waals surface area contributed by atoms with Crippen molar-refractivity contribution in [2.45, 2.75) is 13.0 Å². The lowest BCUT2D eigenvalue weighted by molar-refractivity contribution is 0.0949. The van der Waals surface area contributed by atoms with Crippen LogP contribution in [0.4, 0.5) is 0 Å². The molecule has 0 radical (unpaired) electrons. The number of hydrogen-bond acceptors (Lipinski definition) is 2. The number of halogens is 1. The molecule has 5 heteroatoms. The molecule has 1 aromatic rings. The standard InChI is InChI=1S/C10H11IN2OS/c1-6(9(12)15)13-10(14)7-2-4-8(11)5-3-7/h2-6H,1H3,(H2,12,15)(H,13,14). The zero-order chi connectivity index (χ0) is 11.4. The predicted octanol–water partition coefficient (Wildman–Crippen LogP) is 1.70. The Kier molecular flexibility index (Phi) is 4.46. The van der Waals surface area contributed by atoms with Crippen molar-refractivity contribution in [1.82, 2.24) is 5.32 Å². The average Bonchev–Trinajstić information content (AvgIpc) is 2.18. The smallest absolute Gasteiger partial charge is 0.251 e. The second-order valence-electron chi connectivity index (χ2n) is 3.10. The number of amides is 1. The number of nitrogens with two attached hydrogens (primary N) is 1. The van der Waals surface area contributed by atoms with E-state index in [1.165, 1.54) is 0 Å². The van der Waals surface area contributed by atoms with Crippen molar-refractivity contribution < 1.29 is 4.79 Å². The number of hydrogen-bond donors (Lipinski definition) is 2. The van der Waals surface area contributed by atoms with Gasteiger partial charge < -0.3 is 11.1 Å². The summed E-state index contributed by atoms with van der Waals surface area (Å²) in [4.78, 5) is 11.9. The van der Waals surface area contributed by atoms with E-state index in [-0.39, 0.29) is 16.9 Å². The van der Waals surface area contributed by atoms with Crippen LogP contribution in [-0.4, -0.2) is 16.9 Å². The molecule has 0 aromatic heterocycles. The predicted molar refractivity (Wildman–Crippen MR) is 72.9 cm³/mol. The van der Waals surface area contributed by atoms with Gasteiger partial charge in [0.1, 0.15) is 0 Å². The summed E-state index contributed by atoms with van der Waals surface area (Å²) in [6.07, 6.45) is 0. The van der Waals surface area contributed by atoms with Gasteiger partial charge in [0, 0.05) is 9.13 Å². The van der Waals surface area contributed by atoms with Gasteiger partial charge in [0.15, 0.2) is 0 Å². The zero-order valence-corrected chi connectivity index (χ0v) is 11.1. The van der Waals surface area contributed by atoms with Crippen molar-refractivity contribution in [3.63, 3.8) is 0 Å². The van der Waals surface area contributed by atoms with Gasteiger partial charge in [0.25, 0.3) is 5.91 Å². The van der Waals surface area contributed by atoms with Crippen molar-refractivity contribution >= 4 is 45.7 Å². The fourth-order valence-corrected chi connectivity index (χ4v) is 1.37. The highest BCUT2D eigenvalue weighted by Gasteiger charge is 2.10. The molecule has 0 spiro atoms. The Morgan fingerprint density at radius 3 is 2.47 bits per heavy atom. The van der Waals surface area contributed by atoms with E-state index in [1.807, 2.05) is 12.1 Å². The van der Waals surface area contributed by atoms with Crippen molar-refractivity contribution in [3.05, 3.63) is 33.4 Å². The lowest BCUT2D eigenvalue weighted by Crippen LogP contribution is -2.41. The molecule has 0 heterocycles. The van der Waals surface area contributed by atoms with Crippen molar-refractivity contribution in [3.8, 4) is 0 Å². The Morgan fingerprint density at radius 2 is 2.00 bits per heavy atom. The van der Waals surface area contributed by atoms with E-state index >= 15 is 0 Å². The number of carbonyl (C=O) groups excluding carboxylic acids is 1. The van der Waals surface area contributed by atoms with Gasteiger partial charge in [0.05, 0.1) is 11.0 Å². The Balaban J connectivity index is 2.69. The van der Waals surface area contributed by atoms with Crippen LogP contribution in [0, 0.1) is 3.57 Å². The topological polar surface area (TPSA) is 55.1 Å². The molecular formula is C10H11IN2OS. The van der Waals surface area contributed by atoms with Gasteiger partial charge in [-0.2, -0.15) is 0 Å². The highest BCUT2D eigenvalue weighted by atomic mass is 127. The van der Waals surface area contributed by atoms with E-state index < -0.39 is 0 Å². The number of benzene rings is 1. The molecule has 0 fully saturated rings. The summed E-state index contributed by atoms with van der Waals surface area (Å²) < 4.78 is 1.09. The third kappa shape index (κ3) is 3.75. The quantitative estimate of drug-likeness (QED) is 0.653. The average molecular weight is 334 g/mol. The molecule has 15 heavy (non-hydrogen) atoms. The van der Waals surface area contributed by atoms with Gasteiger partial charge in [-0.1, -0.05) is 12.2 Å². The molecule has 1 amide bonds. The first-order valence-corrected chi connectivity index (χ1v) is 5.85. The normalized spacial score (nSPS) is 11.9. The Bertz CT molecular complexity index is 378. The first kappa shape index (κ1) is 12.4. The van der Waals surface area contributed by atoms with Gasteiger partial charge in [-0.25, -0.2) is 0 Å². The molecule has 3 N–H and O–H groups in total. The Hall–Kier alpha value is -0.690. The lowest BCUT2D eigenvalue weighted by Gasteiger charge is -2.11. The van der Waals surface area contributed by atoms with E-state index in [0.29, 0.717) is 5.56 Å². The summed E-state index contributed by atoms with van der Waals surface area (Å²) in [6, 6.07) is 7.00. The van der Waals surface area contributed by atoms with E-state index in [1.54, 1.807) is 19.1 Å². The molecule has 0 aliphatic carbocycles. The summed E-state index contributed by atoms with van der Waals surface area (Å²) in [5.41, 5.74) is 6.01. The van der Waals surface area contributed by atoms with Gasteiger partial charge in [-0.05, 0) is 53.8 Å². The molecule has 0 saturated carbocycles. The summed E-state index contributed by atoms with van der Waals surface area (Å²) >= 11 is 6.95. The Labute approximate surface area is 108 Å². The maximum atomic E-state index is 11.6. The van der Waals surface area contributed by atoms with Crippen LogP contribution in [-0.2, 0) is 0 Å². The fourth-order valence-electron chi connectivity index (χ4n) is 0.952. The highest BCUT2D eigenvalue weighted by Crippen LogP contribution is 2.06. The van der Waals surface area contributed by atoms with Gasteiger partial charge in [-0.15, -0.1) is 0 Å². The van der Waals surface area contributed by atoms with Crippen molar-refractivity contribution in [1.29, 1.82) is 0 Å². The second-order valence-corrected chi connectivity index (χ2v) is 4.82. The fraction of sp³-hybridized carbons (Fsp3) is 0.200. The van der Waals surface area contributed by atoms with Crippen molar-refractivity contribution in [2.24, 2.45) is 5.73 Å². The van der Waals surface area contributed by atoms with Crippen molar-refractivity contribution in [2.75, 3.05) is 0 Å². The molecule has 3 nitrogen and oxygen atoms in total. The molecule has 1 aromatic carbocycles. The van der Waals surface area contributed by atoms with E-state index in [2.05, 4.69) is 27.9 Å². The van der Waals surface area contributed by atoms with Crippen LogP contribution in [0.5, 0.6) is 0 Å². The lowest BCUT2D eigenvalue weighted by atomic mass is 10.2. The Morgan fingerprint density at radius 1 is 1.47 bits per heavy atom. The highest BCUT2D eigenvalue weighted by molar-refractivity contribution is 14.1. The minimum Gasteiger partial charge on any atom is -0.392 e. The third-order valence-electron chi connectivity index (χ3n) is 1.88. The summed E-state index contributed by atoms with van der Waals surface area (Å²) in [5, 5.41) is 2.71. The summed E-state index contributed by atoms with van der Waals surface area (Å²) in [7, 11) is 0.